The topological polar surface area (TPSA) is 80.9 Å². The normalized spacial score (nSPS) is 20.7. The second kappa shape index (κ2) is 6.75. The molecule has 10 heteroatoms. The monoisotopic (exact) mass is 377 g/mol. The number of fused-ring (bicyclic) bond motifs is 1. The van der Waals surface area contributed by atoms with E-state index >= 15 is 0 Å². The minimum Gasteiger partial charge on any atom is -0.351 e. The molecule has 3 aromatic rings. The highest BCUT2D eigenvalue weighted by Gasteiger charge is 2.32. The molecular weight excluding hydrogens is 359 g/mol. The van der Waals surface area contributed by atoms with Gasteiger partial charge in [0.25, 0.3) is 0 Å². The number of anilines is 1. The second-order valence-corrected chi connectivity index (χ2v) is 6.76. The van der Waals surface area contributed by atoms with E-state index in [1.807, 2.05) is 17.5 Å². The van der Waals surface area contributed by atoms with Crippen molar-refractivity contribution in [1.82, 2.24) is 29.5 Å². The van der Waals surface area contributed by atoms with E-state index in [0.29, 0.717) is 0 Å². The summed E-state index contributed by atoms with van der Waals surface area (Å²) in [6.45, 7) is 1.89. The fourth-order valence-corrected chi connectivity index (χ4v) is 3.53. The van der Waals surface area contributed by atoms with Crippen molar-refractivity contribution in [2.75, 3.05) is 5.32 Å². The molecule has 3 heterocycles. The highest BCUT2D eigenvalue weighted by Crippen LogP contribution is 2.33. The molecule has 0 saturated heterocycles. The van der Waals surface area contributed by atoms with Crippen molar-refractivity contribution in [3.63, 3.8) is 0 Å². The van der Waals surface area contributed by atoms with Crippen LogP contribution in [0.1, 0.15) is 48.7 Å². The number of aryl methyl sites for hydroxylation is 1. The van der Waals surface area contributed by atoms with Crippen LogP contribution in [0.2, 0.25) is 0 Å². The number of halogens is 3. The van der Waals surface area contributed by atoms with Gasteiger partial charge >= 0.3 is 6.18 Å². The van der Waals surface area contributed by atoms with Gasteiger partial charge in [0.1, 0.15) is 5.82 Å². The van der Waals surface area contributed by atoms with E-state index in [0.717, 1.165) is 55.2 Å². The minimum atomic E-state index is -4.43. The third-order valence-electron chi connectivity index (χ3n) is 4.88. The Morgan fingerprint density at radius 3 is 2.63 bits per heavy atom. The molecule has 1 aliphatic carbocycles. The molecule has 0 aliphatic heterocycles. The summed E-state index contributed by atoms with van der Waals surface area (Å²) in [4.78, 5) is 11.8. The van der Waals surface area contributed by atoms with Crippen LogP contribution in [-0.2, 0) is 6.18 Å². The van der Waals surface area contributed by atoms with E-state index in [2.05, 4.69) is 30.5 Å². The van der Waals surface area contributed by atoms with Crippen LogP contribution in [0.25, 0.3) is 5.65 Å². The zero-order valence-electron chi connectivity index (χ0n) is 14.6. The number of hydrogen-bond acceptors (Lipinski definition) is 6. The van der Waals surface area contributed by atoms with Crippen LogP contribution in [0.5, 0.6) is 0 Å². The van der Waals surface area contributed by atoms with Crippen LogP contribution in [0.4, 0.5) is 19.1 Å². The SMILES string of the molecule is Cc1nccn2c([C@H]3CCC[C@@H](Nc4ncc(C(F)(F)F)cn4)C3)nnc12. The Morgan fingerprint density at radius 2 is 1.89 bits per heavy atom. The van der Waals surface area contributed by atoms with E-state index in [-0.39, 0.29) is 17.9 Å². The summed E-state index contributed by atoms with van der Waals surface area (Å²) in [6, 6.07) is 0.0655. The summed E-state index contributed by atoms with van der Waals surface area (Å²) in [6.07, 6.45) is 4.39. The maximum Gasteiger partial charge on any atom is 0.419 e. The van der Waals surface area contributed by atoms with Crippen molar-refractivity contribution in [1.29, 1.82) is 0 Å². The lowest BCUT2D eigenvalue weighted by Crippen LogP contribution is -2.28. The number of rotatable bonds is 3. The van der Waals surface area contributed by atoms with Crippen molar-refractivity contribution < 1.29 is 13.2 Å². The summed E-state index contributed by atoms with van der Waals surface area (Å²) < 4.78 is 39.8. The van der Waals surface area contributed by atoms with Gasteiger partial charge in [0.05, 0.1) is 11.3 Å². The first-order chi connectivity index (χ1) is 12.9. The predicted octanol–water partition coefficient (Wildman–Crippen LogP) is 3.38. The number of aromatic nitrogens is 6. The molecule has 4 rings (SSSR count). The Labute approximate surface area is 153 Å². The van der Waals surface area contributed by atoms with Crippen LogP contribution >= 0.6 is 0 Å². The quantitative estimate of drug-likeness (QED) is 0.754. The third kappa shape index (κ3) is 3.56. The van der Waals surface area contributed by atoms with Crippen molar-refractivity contribution >= 4 is 11.6 Å². The first-order valence-corrected chi connectivity index (χ1v) is 8.74. The van der Waals surface area contributed by atoms with Gasteiger partial charge in [-0.1, -0.05) is 6.42 Å². The third-order valence-corrected chi connectivity index (χ3v) is 4.88. The lowest BCUT2D eigenvalue weighted by Gasteiger charge is -2.28. The predicted molar refractivity (Wildman–Crippen MR) is 91.2 cm³/mol. The van der Waals surface area contributed by atoms with Crippen molar-refractivity contribution in [3.05, 3.63) is 41.9 Å². The fourth-order valence-electron chi connectivity index (χ4n) is 3.53. The van der Waals surface area contributed by atoms with Crippen LogP contribution in [0, 0.1) is 6.92 Å². The Balaban J connectivity index is 1.49. The van der Waals surface area contributed by atoms with Gasteiger partial charge in [0.2, 0.25) is 5.95 Å². The Hall–Kier alpha value is -2.78. The zero-order chi connectivity index (χ0) is 19.0. The van der Waals surface area contributed by atoms with E-state index < -0.39 is 11.7 Å². The molecule has 0 unspecified atom stereocenters. The molecule has 0 aromatic carbocycles. The van der Waals surface area contributed by atoms with Crippen LogP contribution in [-0.4, -0.2) is 35.6 Å². The Morgan fingerprint density at radius 1 is 1.11 bits per heavy atom. The highest BCUT2D eigenvalue weighted by molar-refractivity contribution is 5.42. The van der Waals surface area contributed by atoms with Gasteiger partial charge in [0, 0.05) is 36.7 Å². The molecule has 0 amide bonds. The minimum absolute atomic E-state index is 0.0655. The molecular formula is C17H18F3N7. The molecule has 1 N–H and O–H groups in total. The van der Waals surface area contributed by atoms with E-state index in [1.54, 1.807) is 6.20 Å². The first-order valence-electron chi connectivity index (χ1n) is 8.74. The summed E-state index contributed by atoms with van der Waals surface area (Å²) in [7, 11) is 0. The Bertz CT molecular complexity index is 936. The van der Waals surface area contributed by atoms with Crippen molar-refractivity contribution in [2.24, 2.45) is 0 Å². The number of nitrogens with one attached hydrogen (secondary N) is 1. The maximum atomic E-state index is 12.6. The van der Waals surface area contributed by atoms with Crippen LogP contribution in [0.15, 0.2) is 24.8 Å². The number of alkyl halides is 3. The highest BCUT2D eigenvalue weighted by atomic mass is 19.4. The van der Waals surface area contributed by atoms with Gasteiger partial charge < -0.3 is 5.32 Å². The fraction of sp³-hybridized carbons (Fsp3) is 0.471. The molecule has 1 aliphatic rings. The maximum absolute atomic E-state index is 12.6. The van der Waals surface area contributed by atoms with Crippen molar-refractivity contribution in [2.45, 2.75) is 50.7 Å². The molecule has 0 spiro atoms. The second-order valence-electron chi connectivity index (χ2n) is 6.76. The summed E-state index contributed by atoms with van der Waals surface area (Å²) in [5.41, 5.74) is 0.710. The van der Waals surface area contributed by atoms with E-state index in [1.165, 1.54) is 0 Å². The Kier molecular flexibility index (Phi) is 4.40. The molecule has 1 saturated carbocycles. The van der Waals surface area contributed by atoms with Gasteiger partial charge in [-0.2, -0.15) is 13.2 Å². The number of hydrogen-bond donors (Lipinski definition) is 1. The molecule has 27 heavy (non-hydrogen) atoms. The first kappa shape index (κ1) is 17.6. The van der Waals surface area contributed by atoms with Crippen LogP contribution in [0.3, 0.4) is 0 Å². The summed E-state index contributed by atoms with van der Waals surface area (Å²) in [5.74, 6) is 1.29. The molecule has 2 atom stereocenters. The zero-order valence-corrected chi connectivity index (χ0v) is 14.6. The van der Waals surface area contributed by atoms with Crippen LogP contribution < -0.4 is 5.32 Å². The summed E-state index contributed by atoms with van der Waals surface area (Å²) in [5, 5.41) is 11.7. The molecule has 3 aromatic heterocycles. The van der Waals surface area contributed by atoms with Gasteiger partial charge in [-0.15, -0.1) is 10.2 Å². The van der Waals surface area contributed by atoms with Gasteiger partial charge in [-0.3, -0.25) is 9.38 Å². The molecule has 0 radical (unpaired) electrons. The largest absolute Gasteiger partial charge is 0.419 e. The molecule has 142 valence electrons. The average molecular weight is 377 g/mol. The van der Waals surface area contributed by atoms with E-state index in [4.69, 9.17) is 0 Å². The lowest BCUT2D eigenvalue weighted by atomic mass is 9.85. The summed E-state index contributed by atoms with van der Waals surface area (Å²) >= 11 is 0. The lowest BCUT2D eigenvalue weighted by molar-refractivity contribution is -0.138. The van der Waals surface area contributed by atoms with Gasteiger partial charge in [0.15, 0.2) is 5.65 Å². The molecule has 7 nitrogen and oxygen atoms in total. The van der Waals surface area contributed by atoms with E-state index in [9.17, 15) is 13.2 Å². The number of nitrogens with zero attached hydrogens (tertiary/aromatic N) is 6. The molecule has 0 bridgehead atoms. The smallest absolute Gasteiger partial charge is 0.351 e. The average Bonchev–Trinajstić information content (AvgIpc) is 3.07. The van der Waals surface area contributed by atoms with Gasteiger partial charge in [-0.25, -0.2) is 9.97 Å². The van der Waals surface area contributed by atoms with Crippen molar-refractivity contribution in [3.8, 4) is 0 Å². The molecule has 1 fully saturated rings. The van der Waals surface area contributed by atoms with Gasteiger partial charge in [-0.05, 0) is 26.2 Å². The standard InChI is InChI=1S/C17H18F3N7/c1-10-14-25-26-15(27(14)6-5-21-10)11-3-2-4-13(7-11)24-16-22-8-12(9-23-16)17(18,19)20/h5-6,8-9,11,13H,2-4,7H2,1H3,(H,22,23,24)/t11-,13+/m0/s1.